The van der Waals surface area contributed by atoms with Crippen LogP contribution in [0.4, 0.5) is 0 Å². The second kappa shape index (κ2) is 5.80. The predicted molar refractivity (Wildman–Crippen MR) is 83.3 cm³/mol. The number of carbonyl (C=O) groups is 1. The molecule has 1 unspecified atom stereocenters. The van der Waals surface area contributed by atoms with Crippen LogP contribution >= 0.6 is 0 Å². The van der Waals surface area contributed by atoms with Crippen LogP contribution in [0.5, 0.6) is 0 Å². The molecule has 0 amide bonds. The van der Waals surface area contributed by atoms with Gasteiger partial charge in [-0.1, -0.05) is 43.7 Å². The first-order chi connectivity index (χ1) is 10.1. The van der Waals surface area contributed by atoms with Crippen molar-refractivity contribution in [3.05, 3.63) is 35.9 Å². The van der Waals surface area contributed by atoms with Crippen molar-refractivity contribution >= 4 is 5.97 Å². The van der Waals surface area contributed by atoms with Crippen LogP contribution in [0.1, 0.15) is 44.1 Å². The Balaban J connectivity index is 1.57. The van der Waals surface area contributed by atoms with E-state index >= 15 is 0 Å². The smallest absolute Gasteiger partial charge is 0.311 e. The molecule has 1 saturated heterocycles. The van der Waals surface area contributed by atoms with Crippen LogP contribution in [0.3, 0.4) is 0 Å². The largest absolute Gasteiger partial charge is 0.481 e. The van der Waals surface area contributed by atoms with Gasteiger partial charge in [0.2, 0.25) is 0 Å². The molecule has 2 aliphatic rings. The zero-order chi connectivity index (χ0) is 14.9. The summed E-state index contributed by atoms with van der Waals surface area (Å²) in [4.78, 5) is 14.1. The third-order valence-corrected chi connectivity index (χ3v) is 5.61. The molecule has 3 heteroatoms. The molecule has 2 fully saturated rings. The van der Waals surface area contributed by atoms with E-state index in [2.05, 4.69) is 42.2 Å². The van der Waals surface area contributed by atoms with Crippen molar-refractivity contribution in [3.63, 3.8) is 0 Å². The summed E-state index contributed by atoms with van der Waals surface area (Å²) in [6.45, 7) is 5.02. The quantitative estimate of drug-likeness (QED) is 0.902. The molecule has 114 valence electrons. The first-order valence-electron chi connectivity index (χ1n) is 8.12. The Kier molecular flexibility index (Phi) is 4.03. The molecule has 1 N–H and O–H groups in total. The molecule has 21 heavy (non-hydrogen) atoms. The molecule has 1 aliphatic carbocycles. The number of rotatable bonds is 5. The molecule has 0 bridgehead atoms. The highest BCUT2D eigenvalue weighted by Crippen LogP contribution is 2.48. The van der Waals surface area contributed by atoms with Crippen molar-refractivity contribution in [2.75, 3.05) is 19.6 Å². The molecule has 1 saturated carbocycles. The Bertz CT molecular complexity index is 501. The lowest BCUT2D eigenvalue weighted by Gasteiger charge is -2.24. The first-order valence-corrected chi connectivity index (χ1v) is 8.12. The van der Waals surface area contributed by atoms with Gasteiger partial charge in [0.25, 0.3) is 0 Å². The average Bonchev–Trinajstić information content (AvgIpc) is 3.03. The summed E-state index contributed by atoms with van der Waals surface area (Å²) >= 11 is 0. The highest BCUT2D eigenvalue weighted by Gasteiger charge is 2.54. The zero-order valence-corrected chi connectivity index (χ0v) is 12.8. The monoisotopic (exact) mass is 287 g/mol. The lowest BCUT2D eigenvalue weighted by Crippen LogP contribution is -2.36. The molecule has 1 aromatic carbocycles. The number of hydrogen-bond donors (Lipinski definition) is 1. The third kappa shape index (κ3) is 2.71. The lowest BCUT2D eigenvalue weighted by molar-refractivity contribution is -0.149. The molecule has 0 radical (unpaired) electrons. The molecule has 3 nitrogen and oxygen atoms in total. The van der Waals surface area contributed by atoms with E-state index in [1.165, 1.54) is 5.56 Å². The number of likely N-dealkylation sites (tertiary alicyclic amines) is 1. The van der Waals surface area contributed by atoms with Gasteiger partial charge in [0.05, 0.1) is 5.41 Å². The fourth-order valence-corrected chi connectivity index (χ4v) is 4.24. The summed E-state index contributed by atoms with van der Waals surface area (Å²) in [5.41, 5.74) is 0.945. The molecule has 0 spiro atoms. The number of nitrogens with zero attached hydrogens (tertiary/aromatic N) is 1. The van der Waals surface area contributed by atoms with Crippen molar-refractivity contribution in [2.24, 2.45) is 11.3 Å². The fourth-order valence-electron chi connectivity index (χ4n) is 4.24. The molecule has 1 aromatic rings. The van der Waals surface area contributed by atoms with E-state index in [1.807, 2.05) is 0 Å². The molecule has 0 aromatic heterocycles. The van der Waals surface area contributed by atoms with E-state index in [0.29, 0.717) is 11.8 Å². The number of carboxylic acids is 1. The van der Waals surface area contributed by atoms with Gasteiger partial charge in [0.1, 0.15) is 0 Å². The van der Waals surface area contributed by atoms with Gasteiger partial charge in [-0.3, -0.25) is 4.79 Å². The van der Waals surface area contributed by atoms with Crippen LogP contribution in [0, 0.1) is 11.3 Å². The van der Waals surface area contributed by atoms with Gasteiger partial charge in [0.15, 0.2) is 0 Å². The van der Waals surface area contributed by atoms with E-state index in [9.17, 15) is 9.90 Å². The van der Waals surface area contributed by atoms with Gasteiger partial charge < -0.3 is 10.0 Å². The molecule has 3 rings (SSSR count). The third-order valence-electron chi connectivity index (χ3n) is 5.61. The standard InChI is InChI=1S/C18H25NO2/c1-14(15-6-3-2-4-7-15)9-11-19-12-16-8-5-10-18(16,13-19)17(20)21/h2-4,6-7,14,16H,5,8-13H2,1H3,(H,20,21)/t14?,16-,18+/m0/s1. The van der Waals surface area contributed by atoms with Crippen molar-refractivity contribution < 1.29 is 9.90 Å². The number of hydrogen-bond acceptors (Lipinski definition) is 2. The second-order valence-corrected chi connectivity index (χ2v) is 6.89. The van der Waals surface area contributed by atoms with Gasteiger partial charge in [-0.05, 0) is 43.2 Å². The zero-order valence-electron chi connectivity index (χ0n) is 12.8. The highest BCUT2D eigenvalue weighted by atomic mass is 16.4. The minimum atomic E-state index is -0.566. The van der Waals surface area contributed by atoms with Gasteiger partial charge in [-0.25, -0.2) is 0 Å². The maximum absolute atomic E-state index is 11.7. The summed E-state index contributed by atoms with van der Waals surface area (Å²) in [5.74, 6) is 0.345. The van der Waals surface area contributed by atoms with Crippen LogP contribution < -0.4 is 0 Å². The Labute approximate surface area is 127 Å². The Morgan fingerprint density at radius 1 is 1.43 bits per heavy atom. The maximum Gasteiger partial charge on any atom is 0.311 e. The number of aliphatic carboxylic acids is 1. The first kappa shape index (κ1) is 14.6. The molecular weight excluding hydrogens is 262 g/mol. The van der Waals surface area contributed by atoms with Crippen molar-refractivity contribution in [3.8, 4) is 0 Å². The Hall–Kier alpha value is -1.35. The number of benzene rings is 1. The van der Waals surface area contributed by atoms with E-state index in [0.717, 1.165) is 45.3 Å². The van der Waals surface area contributed by atoms with Crippen LogP contribution in [0.15, 0.2) is 30.3 Å². The van der Waals surface area contributed by atoms with Crippen molar-refractivity contribution in [1.29, 1.82) is 0 Å². The van der Waals surface area contributed by atoms with Crippen LogP contribution in [0.25, 0.3) is 0 Å². The van der Waals surface area contributed by atoms with Crippen molar-refractivity contribution in [1.82, 2.24) is 4.90 Å². The number of carboxylic acid groups (broad SMARTS) is 1. The lowest BCUT2D eigenvalue weighted by atomic mass is 9.81. The Morgan fingerprint density at radius 3 is 2.86 bits per heavy atom. The summed E-state index contributed by atoms with van der Waals surface area (Å²) < 4.78 is 0. The summed E-state index contributed by atoms with van der Waals surface area (Å²) in [7, 11) is 0. The minimum absolute atomic E-state index is 0.377. The highest BCUT2D eigenvalue weighted by molar-refractivity contribution is 5.76. The SMILES string of the molecule is CC(CCN1C[C@@H]2CCC[C@@]2(C(=O)O)C1)c1ccccc1. The van der Waals surface area contributed by atoms with Crippen LogP contribution in [-0.4, -0.2) is 35.6 Å². The predicted octanol–water partition coefficient (Wildman–Crippen LogP) is 3.37. The summed E-state index contributed by atoms with van der Waals surface area (Å²) in [5, 5.41) is 9.62. The topological polar surface area (TPSA) is 40.5 Å². The van der Waals surface area contributed by atoms with E-state index in [4.69, 9.17) is 0 Å². The average molecular weight is 287 g/mol. The van der Waals surface area contributed by atoms with Crippen LogP contribution in [0.2, 0.25) is 0 Å². The minimum Gasteiger partial charge on any atom is -0.481 e. The maximum atomic E-state index is 11.7. The molecule has 1 heterocycles. The molecule has 1 aliphatic heterocycles. The van der Waals surface area contributed by atoms with Gasteiger partial charge >= 0.3 is 5.97 Å². The Morgan fingerprint density at radius 2 is 2.19 bits per heavy atom. The van der Waals surface area contributed by atoms with Crippen LogP contribution in [-0.2, 0) is 4.79 Å². The summed E-state index contributed by atoms with van der Waals surface area (Å²) in [6.07, 6.45) is 4.16. The van der Waals surface area contributed by atoms with E-state index in [1.54, 1.807) is 0 Å². The summed E-state index contributed by atoms with van der Waals surface area (Å²) in [6, 6.07) is 10.6. The number of fused-ring (bicyclic) bond motifs is 1. The van der Waals surface area contributed by atoms with Gasteiger partial charge in [0, 0.05) is 13.1 Å². The molecular formula is C18H25NO2. The second-order valence-electron chi connectivity index (χ2n) is 6.89. The normalized spacial score (nSPS) is 30.2. The molecule has 3 atom stereocenters. The van der Waals surface area contributed by atoms with E-state index in [-0.39, 0.29) is 0 Å². The van der Waals surface area contributed by atoms with Gasteiger partial charge in [-0.2, -0.15) is 0 Å². The van der Waals surface area contributed by atoms with Gasteiger partial charge in [-0.15, -0.1) is 0 Å². The fraction of sp³-hybridized carbons (Fsp3) is 0.611. The van der Waals surface area contributed by atoms with Crippen molar-refractivity contribution in [2.45, 2.75) is 38.5 Å². The van der Waals surface area contributed by atoms with E-state index < -0.39 is 11.4 Å².